The molecule has 25 heavy (non-hydrogen) atoms. The first-order chi connectivity index (χ1) is 12.4. The molecule has 1 aromatic carbocycles. The molecule has 0 saturated carbocycles. The summed E-state index contributed by atoms with van der Waals surface area (Å²) in [5.41, 5.74) is 2.75. The van der Waals surface area contributed by atoms with Gasteiger partial charge in [0.1, 0.15) is 17.0 Å². The number of anilines is 1. The number of thiophene rings is 1. The van der Waals surface area contributed by atoms with Crippen molar-refractivity contribution in [3.63, 3.8) is 0 Å². The van der Waals surface area contributed by atoms with Gasteiger partial charge in [-0.15, -0.1) is 11.3 Å². The predicted octanol–water partition coefficient (Wildman–Crippen LogP) is 4.37. The number of hydrogen-bond acceptors (Lipinski definition) is 5. The molecular weight excluding hydrogens is 330 g/mol. The van der Waals surface area contributed by atoms with Crippen molar-refractivity contribution in [3.05, 3.63) is 52.7 Å². The lowest BCUT2D eigenvalue weighted by Gasteiger charge is -2.20. The number of nitrogens with zero attached hydrogens (tertiary/aromatic N) is 2. The summed E-state index contributed by atoms with van der Waals surface area (Å²) in [5, 5.41) is 4.88. The molecule has 4 nitrogen and oxygen atoms in total. The van der Waals surface area contributed by atoms with Gasteiger partial charge >= 0.3 is 0 Å². The Morgan fingerprint density at radius 1 is 1.16 bits per heavy atom. The Morgan fingerprint density at radius 2 is 2.08 bits per heavy atom. The third-order valence-corrected chi connectivity index (χ3v) is 6.58. The van der Waals surface area contributed by atoms with E-state index >= 15 is 0 Å². The lowest BCUT2D eigenvalue weighted by Crippen LogP contribution is -2.18. The van der Waals surface area contributed by atoms with Gasteiger partial charge in [-0.05, 0) is 36.8 Å². The van der Waals surface area contributed by atoms with Crippen LogP contribution >= 0.6 is 11.3 Å². The average Bonchev–Trinajstić information content (AvgIpc) is 3.36. The fraction of sp³-hybridized carbons (Fsp3) is 0.400. The largest absolute Gasteiger partial charge is 0.373 e. The summed E-state index contributed by atoms with van der Waals surface area (Å²) in [6, 6.07) is 10.6. The smallest absolute Gasteiger partial charge is 0.138 e. The van der Waals surface area contributed by atoms with Gasteiger partial charge < -0.3 is 10.1 Å². The van der Waals surface area contributed by atoms with Gasteiger partial charge in [-0.2, -0.15) is 0 Å². The van der Waals surface area contributed by atoms with Crippen LogP contribution in [-0.4, -0.2) is 23.1 Å². The Kier molecular flexibility index (Phi) is 3.91. The van der Waals surface area contributed by atoms with Crippen LogP contribution in [0, 0.1) is 5.92 Å². The highest BCUT2D eigenvalue weighted by Crippen LogP contribution is 2.40. The standard InChI is InChI=1S/C20H21N3OS/c1-2-5-13(6-3-1)18-14(9-10-24-18)11-21-19-17-15-7-4-8-16(15)25-20(17)23-12-22-19/h1-3,5-6,12,14,18H,4,7-11H2,(H,21,22,23). The Labute approximate surface area is 151 Å². The first kappa shape index (κ1) is 15.3. The van der Waals surface area contributed by atoms with E-state index in [2.05, 4.69) is 45.6 Å². The van der Waals surface area contributed by atoms with E-state index in [1.165, 1.54) is 34.2 Å². The molecule has 1 aliphatic carbocycles. The van der Waals surface area contributed by atoms with E-state index in [1.54, 1.807) is 6.33 Å². The lowest BCUT2D eigenvalue weighted by molar-refractivity contribution is 0.0933. The Hall–Kier alpha value is -1.98. The van der Waals surface area contributed by atoms with Crippen molar-refractivity contribution in [3.8, 4) is 0 Å². The van der Waals surface area contributed by atoms with E-state index in [9.17, 15) is 0 Å². The highest BCUT2D eigenvalue weighted by atomic mass is 32.1. The number of ether oxygens (including phenoxy) is 1. The average molecular weight is 351 g/mol. The van der Waals surface area contributed by atoms with Gasteiger partial charge in [0.2, 0.25) is 0 Å². The maximum atomic E-state index is 6.02. The molecule has 2 atom stereocenters. The molecule has 1 fully saturated rings. The van der Waals surface area contributed by atoms with Gasteiger partial charge in [-0.3, -0.25) is 0 Å². The number of hydrogen-bond donors (Lipinski definition) is 1. The molecule has 5 heteroatoms. The fourth-order valence-electron chi connectivity index (χ4n) is 4.14. The number of rotatable bonds is 4. The molecule has 0 bridgehead atoms. The minimum Gasteiger partial charge on any atom is -0.373 e. The van der Waals surface area contributed by atoms with Crippen molar-refractivity contribution in [2.24, 2.45) is 5.92 Å². The number of nitrogens with one attached hydrogen (secondary N) is 1. The Balaban J connectivity index is 1.39. The van der Waals surface area contributed by atoms with E-state index in [0.29, 0.717) is 5.92 Å². The van der Waals surface area contributed by atoms with Crippen LogP contribution in [0.4, 0.5) is 5.82 Å². The van der Waals surface area contributed by atoms with Gasteiger partial charge in [-0.1, -0.05) is 30.3 Å². The summed E-state index contributed by atoms with van der Waals surface area (Å²) in [6.07, 6.45) is 6.58. The van der Waals surface area contributed by atoms with Crippen LogP contribution in [0.1, 0.15) is 34.9 Å². The molecule has 2 unspecified atom stereocenters. The number of fused-ring (bicyclic) bond motifs is 3. The van der Waals surface area contributed by atoms with E-state index in [1.807, 2.05) is 11.3 Å². The zero-order valence-electron chi connectivity index (χ0n) is 14.1. The van der Waals surface area contributed by atoms with Crippen molar-refractivity contribution < 1.29 is 4.74 Å². The fourth-order valence-corrected chi connectivity index (χ4v) is 5.37. The number of aromatic nitrogens is 2. The zero-order valence-corrected chi connectivity index (χ0v) is 14.9. The topological polar surface area (TPSA) is 47.0 Å². The molecule has 0 spiro atoms. The molecule has 0 amide bonds. The highest BCUT2D eigenvalue weighted by Gasteiger charge is 2.30. The Bertz CT molecular complexity index is 893. The van der Waals surface area contributed by atoms with Crippen molar-refractivity contribution in [2.75, 3.05) is 18.5 Å². The normalized spacial score (nSPS) is 22.4. The maximum Gasteiger partial charge on any atom is 0.138 e. The molecule has 0 radical (unpaired) electrons. The summed E-state index contributed by atoms with van der Waals surface area (Å²) >= 11 is 1.84. The maximum absolute atomic E-state index is 6.02. The second kappa shape index (κ2) is 6.39. The van der Waals surface area contributed by atoms with Crippen LogP contribution in [0.5, 0.6) is 0 Å². The quantitative estimate of drug-likeness (QED) is 0.758. The highest BCUT2D eigenvalue weighted by molar-refractivity contribution is 7.19. The van der Waals surface area contributed by atoms with Gasteiger partial charge in [0.15, 0.2) is 0 Å². The van der Waals surface area contributed by atoms with Gasteiger partial charge in [0.05, 0.1) is 11.5 Å². The summed E-state index contributed by atoms with van der Waals surface area (Å²) in [7, 11) is 0. The van der Waals surface area contributed by atoms with Crippen LogP contribution in [0.2, 0.25) is 0 Å². The molecule has 3 aromatic rings. The summed E-state index contributed by atoms with van der Waals surface area (Å²) < 4.78 is 6.02. The molecule has 128 valence electrons. The molecule has 5 rings (SSSR count). The first-order valence-corrected chi connectivity index (χ1v) is 9.87. The van der Waals surface area contributed by atoms with Crippen molar-refractivity contribution in [2.45, 2.75) is 31.8 Å². The van der Waals surface area contributed by atoms with Gasteiger partial charge in [-0.25, -0.2) is 9.97 Å². The summed E-state index contributed by atoms with van der Waals surface area (Å²) in [6.45, 7) is 1.72. The van der Waals surface area contributed by atoms with Gasteiger partial charge in [0, 0.05) is 23.9 Å². The SMILES string of the molecule is c1ccc(C2OCCC2CNc2ncnc3sc4c(c23)CCC4)cc1. The summed E-state index contributed by atoms with van der Waals surface area (Å²) in [4.78, 5) is 11.7. The van der Waals surface area contributed by atoms with Crippen LogP contribution < -0.4 is 5.32 Å². The second-order valence-electron chi connectivity index (χ2n) is 6.89. The van der Waals surface area contributed by atoms with E-state index in [-0.39, 0.29) is 6.10 Å². The minimum absolute atomic E-state index is 0.180. The van der Waals surface area contributed by atoms with Gasteiger partial charge in [0.25, 0.3) is 0 Å². The van der Waals surface area contributed by atoms with E-state index < -0.39 is 0 Å². The third kappa shape index (κ3) is 2.71. The number of aryl methyl sites for hydroxylation is 2. The Morgan fingerprint density at radius 3 is 3.00 bits per heavy atom. The van der Waals surface area contributed by atoms with Crippen LogP contribution in [0.25, 0.3) is 10.2 Å². The van der Waals surface area contributed by atoms with Crippen LogP contribution in [0.3, 0.4) is 0 Å². The minimum atomic E-state index is 0.180. The third-order valence-electron chi connectivity index (χ3n) is 5.38. The van der Waals surface area contributed by atoms with Crippen LogP contribution in [0.15, 0.2) is 36.7 Å². The van der Waals surface area contributed by atoms with E-state index in [0.717, 1.165) is 36.6 Å². The molecule has 1 N–H and O–H groups in total. The van der Waals surface area contributed by atoms with Crippen molar-refractivity contribution in [1.82, 2.24) is 9.97 Å². The van der Waals surface area contributed by atoms with E-state index in [4.69, 9.17) is 4.74 Å². The van der Waals surface area contributed by atoms with Crippen LogP contribution in [-0.2, 0) is 17.6 Å². The predicted molar refractivity (Wildman–Crippen MR) is 101 cm³/mol. The number of benzene rings is 1. The molecule has 2 aromatic heterocycles. The lowest BCUT2D eigenvalue weighted by atomic mass is 9.95. The monoisotopic (exact) mass is 351 g/mol. The molecule has 3 heterocycles. The molecule has 1 saturated heterocycles. The first-order valence-electron chi connectivity index (χ1n) is 9.06. The summed E-state index contributed by atoms with van der Waals surface area (Å²) in [5.74, 6) is 1.47. The second-order valence-corrected chi connectivity index (χ2v) is 7.98. The molecule has 2 aliphatic rings. The zero-order chi connectivity index (χ0) is 16.6. The molecular formula is C20H21N3OS. The van der Waals surface area contributed by atoms with Crippen molar-refractivity contribution in [1.29, 1.82) is 0 Å². The van der Waals surface area contributed by atoms with Crippen molar-refractivity contribution >= 4 is 27.4 Å². The molecule has 1 aliphatic heterocycles.